The van der Waals surface area contributed by atoms with Crippen LogP contribution < -0.4 is 16.6 Å². The Bertz CT molecular complexity index is 1150. The summed E-state index contributed by atoms with van der Waals surface area (Å²) >= 11 is 0. The van der Waals surface area contributed by atoms with Crippen LogP contribution in [0.2, 0.25) is 0 Å². The van der Waals surface area contributed by atoms with E-state index in [1.54, 1.807) is 0 Å². The van der Waals surface area contributed by atoms with Crippen molar-refractivity contribution in [2.24, 2.45) is 0 Å². The number of halogens is 3. The fraction of sp³-hybridized carbons (Fsp3) is 0.588. The second kappa shape index (κ2) is 9.05. The molecule has 33 heavy (non-hydrogen) atoms. The molecule has 2 aliphatic rings. The minimum atomic E-state index is -5.08. The molecule has 0 aliphatic carbocycles. The van der Waals surface area contributed by atoms with E-state index in [2.05, 4.69) is 11.8 Å². The molecule has 2 unspecified atom stereocenters. The average molecular weight is 497 g/mol. The van der Waals surface area contributed by atoms with Gasteiger partial charge in [-0.3, -0.25) is 28.2 Å². The molecule has 2 saturated heterocycles. The van der Waals surface area contributed by atoms with Crippen molar-refractivity contribution in [3.8, 4) is 11.8 Å². The number of hydrogen-bond donors (Lipinski definition) is 3. The van der Waals surface area contributed by atoms with Crippen LogP contribution in [0.25, 0.3) is 0 Å². The number of rotatable bonds is 6. The van der Waals surface area contributed by atoms with E-state index in [0.29, 0.717) is 0 Å². The summed E-state index contributed by atoms with van der Waals surface area (Å²) in [5.41, 5.74) is -3.49. The lowest BCUT2D eigenvalue weighted by Crippen LogP contribution is -2.46. The number of carbonyl (C=O) groups is 1. The average Bonchev–Trinajstić information content (AvgIpc) is 3.15. The van der Waals surface area contributed by atoms with Gasteiger partial charge < -0.3 is 24.4 Å². The molecule has 3 heterocycles. The van der Waals surface area contributed by atoms with E-state index in [1.165, 1.54) is 12.4 Å². The van der Waals surface area contributed by atoms with Crippen LogP contribution >= 0.6 is 7.60 Å². The number of ether oxygens (including phenoxy) is 3. The Morgan fingerprint density at radius 3 is 2.79 bits per heavy atom. The Hall–Kier alpha value is -2.47. The molecule has 16 heteroatoms. The third-order valence-corrected chi connectivity index (χ3v) is 5.35. The zero-order chi connectivity index (χ0) is 24.6. The number of amides is 1. The molecular weight excluding hydrogens is 478 g/mol. The number of H-pyrrole nitrogens is 1. The van der Waals surface area contributed by atoms with Gasteiger partial charge in [0.1, 0.15) is 23.4 Å². The molecule has 182 valence electrons. The highest BCUT2D eigenvalue weighted by Crippen LogP contribution is 2.52. The van der Waals surface area contributed by atoms with Crippen LogP contribution in [-0.4, -0.2) is 77.9 Å². The van der Waals surface area contributed by atoms with Crippen molar-refractivity contribution in [1.82, 2.24) is 14.9 Å². The van der Waals surface area contributed by atoms with Gasteiger partial charge in [0.05, 0.1) is 19.8 Å². The Balaban J connectivity index is 1.88. The lowest BCUT2D eigenvalue weighted by atomic mass is 10.0. The highest BCUT2D eigenvalue weighted by molar-refractivity contribution is 7.51. The molecule has 12 nitrogen and oxygen atoms in total. The summed E-state index contributed by atoms with van der Waals surface area (Å²) in [5, 5.41) is 1.52. The van der Waals surface area contributed by atoms with E-state index in [1.807, 2.05) is 4.98 Å². The third-order valence-electron chi connectivity index (χ3n) is 4.73. The molecule has 2 fully saturated rings. The maximum Gasteiger partial charge on any atom is 0.471 e. The van der Waals surface area contributed by atoms with Gasteiger partial charge in [-0.05, 0) is 0 Å². The molecule has 0 saturated carbocycles. The van der Waals surface area contributed by atoms with Crippen LogP contribution in [0.1, 0.15) is 11.8 Å². The summed E-state index contributed by atoms with van der Waals surface area (Å²) < 4.78 is 71.2. The minimum Gasteiger partial charge on any atom is -0.381 e. The number of aromatic nitrogens is 2. The molecule has 1 aromatic rings. The molecule has 1 aromatic heterocycles. The van der Waals surface area contributed by atoms with Gasteiger partial charge in [-0.2, -0.15) is 13.2 Å². The van der Waals surface area contributed by atoms with Crippen LogP contribution in [0.3, 0.4) is 0 Å². The topological polar surface area (TPSA) is 158 Å². The lowest BCUT2D eigenvalue weighted by molar-refractivity contribution is -0.190. The Kier molecular flexibility index (Phi) is 6.90. The van der Waals surface area contributed by atoms with E-state index in [4.69, 9.17) is 18.7 Å². The van der Waals surface area contributed by atoms with E-state index < -0.39 is 61.5 Å². The molecule has 5 atom stereocenters. The summed E-state index contributed by atoms with van der Waals surface area (Å²) in [6.45, 7) is 0.0973. The fourth-order valence-corrected chi connectivity index (χ4v) is 4.19. The molecular formula is C17H19F3N3O9P. The zero-order valence-corrected chi connectivity index (χ0v) is 18.1. The molecule has 0 aromatic carbocycles. The number of methoxy groups -OCH3 is 1. The predicted molar refractivity (Wildman–Crippen MR) is 102 cm³/mol. The van der Waals surface area contributed by atoms with E-state index in [-0.39, 0.29) is 18.8 Å². The van der Waals surface area contributed by atoms with Crippen molar-refractivity contribution >= 4 is 13.5 Å². The summed E-state index contributed by atoms with van der Waals surface area (Å²) in [7, 11) is -2.64. The van der Waals surface area contributed by atoms with Gasteiger partial charge in [-0.15, -0.1) is 0 Å². The summed E-state index contributed by atoms with van der Waals surface area (Å²) in [5.74, 6) is 2.25. The van der Waals surface area contributed by atoms with E-state index in [9.17, 15) is 37.0 Å². The molecule has 0 radical (unpaired) electrons. The number of fused-ring (bicyclic) bond motifs is 2. The lowest BCUT2D eigenvalue weighted by Gasteiger charge is -2.31. The first-order valence-corrected chi connectivity index (χ1v) is 11.3. The maximum absolute atomic E-state index is 12.4. The first-order chi connectivity index (χ1) is 15.3. The first kappa shape index (κ1) is 25.2. The largest absolute Gasteiger partial charge is 0.471 e. The van der Waals surface area contributed by atoms with Gasteiger partial charge in [-0.25, -0.2) is 4.79 Å². The fourth-order valence-electron chi connectivity index (χ4n) is 3.46. The van der Waals surface area contributed by atoms with Gasteiger partial charge >= 0.3 is 25.4 Å². The van der Waals surface area contributed by atoms with E-state index in [0.717, 1.165) is 17.4 Å². The van der Waals surface area contributed by atoms with Crippen molar-refractivity contribution in [2.75, 3.05) is 33.5 Å². The molecule has 1 amide bonds. The smallest absolute Gasteiger partial charge is 0.381 e. The van der Waals surface area contributed by atoms with Gasteiger partial charge in [0.2, 0.25) is 0 Å². The molecule has 2 bridgehead atoms. The molecule has 0 spiro atoms. The second-order valence-electron chi connectivity index (χ2n) is 7.30. The highest BCUT2D eigenvalue weighted by Gasteiger charge is 2.64. The normalized spacial score (nSPS) is 28.1. The number of alkyl halides is 3. The molecule has 2 aliphatic heterocycles. The first-order valence-electron chi connectivity index (χ1n) is 9.24. The molecule has 3 rings (SSSR count). The SMILES string of the molecule is COC[C@@]12CO[C@H](C1OP(C)(=O)O)[C@H](n1cc(C#CCNC(=O)C(F)(F)F)c(=O)[nH]c1=O)O2. The maximum atomic E-state index is 12.4. The van der Waals surface area contributed by atoms with Gasteiger partial charge in [0.15, 0.2) is 6.23 Å². The molecule has 3 N–H and O–H groups in total. The van der Waals surface area contributed by atoms with Crippen LogP contribution in [0.15, 0.2) is 15.8 Å². The second-order valence-corrected chi connectivity index (χ2v) is 9.12. The van der Waals surface area contributed by atoms with Crippen LogP contribution in [0.5, 0.6) is 0 Å². The standard InChI is InChI=1S/C17H19F3N3O9P/c1-29-7-16-8-30-10(11(16)32-33(2,27)28)13(31-16)23-6-9(12(24)22-15(23)26)4-3-5-21-14(25)17(18,19)20/h6,10-11,13H,5,7-8H2,1-2H3,(H,21,25)(H,27,28)(H,22,24,26)/t10-,11?,13-,16-/m1/s1. The predicted octanol–water partition coefficient (Wildman–Crippen LogP) is -0.920. The van der Waals surface area contributed by atoms with Crippen molar-refractivity contribution in [3.05, 3.63) is 32.6 Å². The van der Waals surface area contributed by atoms with Gasteiger partial charge in [0.25, 0.3) is 5.56 Å². The Labute approximate surface area is 183 Å². The number of nitrogens with one attached hydrogen (secondary N) is 2. The summed E-state index contributed by atoms with van der Waals surface area (Å²) in [6.07, 6.45) is -7.42. The Morgan fingerprint density at radius 1 is 1.48 bits per heavy atom. The van der Waals surface area contributed by atoms with Crippen molar-refractivity contribution in [1.29, 1.82) is 0 Å². The van der Waals surface area contributed by atoms with Crippen LogP contribution in [0, 0.1) is 11.8 Å². The highest BCUT2D eigenvalue weighted by atomic mass is 31.2. The van der Waals surface area contributed by atoms with Crippen molar-refractivity contribution < 1.29 is 46.2 Å². The minimum absolute atomic E-state index is 0.0592. The van der Waals surface area contributed by atoms with E-state index >= 15 is 0 Å². The summed E-state index contributed by atoms with van der Waals surface area (Å²) in [4.78, 5) is 46.9. The number of hydrogen-bond acceptors (Lipinski definition) is 8. The van der Waals surface area contributed by atoms with Crippen molar-refractivity contribution in [2.45, 2.75) is 30.2 Å². The zero-order valence-electron chi connectivity index (χ0n) is 17.2. The third kappa shape index (κ3) is 5.37. The monoisotopic (exact) mass is 497 g/mol. The van der Waals surface area contributed by atoms with Crippen LogP contribution in [0.4, 0.5) is 13.2 Å². The number of aromatic amines is 1. The van der Waals surface area contributed by atoms with Crippen LogP contribution in [-0.2, 0) is 28.1 Å². The quantitative estimate of drug-likeness (QED) is 0.334. The van der Waals surface area contributed by atoms with Gasteiger partial charge in [0, 0.05) is 20.0 Å². The number of carbonyl (C=O) groups excluding carboxylic acids is 1. The summed E-state index contributed by atoms with van der Waals surface area (Å²) in [6, 6.07) is 0. The van der Waals surface area contributed by atoms with Crippen molar-refractivity contribution in [3.63, 3.8) is 0 Å². The number of nitrogens with zero attached hydrogens (tertiary/aromatic N) is 1. The Morgan fingerprint density at radius 2 is 2.18 bits per heavy atom. The van der Waals surface area contributed by atoms with Gasteiger partial charge in [-0.1, -0.05) is 11.8 Å².